The van der Waals surface area contributed by atoms with Crippen LogP contribution in [0.3, 0.4) is 0 Å². The smallest absolute Gasteiger partial charge is 0.243 e. The Hall–Kier alpha value is -1.25. The second-order valence-electron chi connectivity index (χ2n) is 4.88. The van der Waals surface area contributed by atoms with E-state index in [0.29, 0.717) is 18.9 Å². The zero-order valence-corrected chi connectivity index (χ0v) is 11.5. The summed E-state index contributed by atoms with van der Waals surface area (Å²) in [5.74, 6) is -2.23. The van der Waals surface area contributed by atoms with Gasteiger partial charge in [-0.3, -0.25) is 0 Å². The van der Waals surface area contributed by atoms with Gasteiger partial charge < -0.3 is 10.8 Å². The van der Waals surface area contributed by atoms with Crippen LogP contribution in [-0.4, -0.2) is 25.7 Å². The lowest BCUT2D eigenvalue weighted by atomic mass is 9.93. The fourth-order valence-electron chi connectivity index (χ4n) is 2.26. The van der Waals surface area contributed by atoms with Crippen LogP contribution in [0.5, 0.6) is 0 Å². The number of nitrogens with one attached hydrogen (secondary N) is 1. The molecule has 0 saturated heterocycles. The molecule has 0 heterocycles. The van der Waals surface area contributed by atoms with Gasteiger partial charge in [-0.1, -0.05) is 12.8 Å². The predicted octanol–water partition coefficient (Wildman–Crippen LogP) is 1.13. The Morgan fingerprint density at radius 2 is 1.85 bits per heavy atom. The Morgan fingerprint density at radius 1 is 1.20 bits per heavy atom. The standard InChI is InChI=1S/C12H16F2N2O3S/c13-7-5-8(14)12(6-9(7)15)20(18,19)16-10-3-1-2-4-11(10)17/h5-6,10-11,16-17H,1-4,15H2. The van der Waals surface area contributed by atoms with Crippen LogP contribution >= 0.6 is 0 Å². The van der Waals surface area contributed by atoms with Crippen molar-refractivity contribution in [3.05, 3.63) is 23.8 Å². The Balaban J connectivity index is 2.28. The van der Waals surface area contributed by atoms with Gasteiger partial charge in [-0.15, -0.1) is 0 Å². The van der Waals surface area contributed by atoms with E-state index in [9.17, 15) is 22.3 Å². The molecule has 0 aliphatic heterocycles. The molecule has 0 amide bonds. The maximum atomic E-state index is 13.6. The number of nitrogens with two attached hydrogens (primary N) is 1. The minimum absolute atomic E-state index is 0.432. The van der Waals surface area contributed by atoms with Crippen molar-refractivity contribution in [1.29, 1.82) is 0 Å². The average molecular weight is 306 g/mol. The normalized spacial score (nSPS) is 23.8. The molecule has 1 saturated carbocycles. The minimum Gasteiger partial charge on any atom is -0.396 e. The van der Waals surface area contributed by atoms with Gasteiger partial charge in [0.05, 0.1) is 11.8 Å². The number of benzene rings is 1. The molecule has 1 fully saturated rings. The number of halogens is 2. The number of hydrogen-bond acceptors (Lipinski definition) is 4. The van der Waals surface area contributed by atoms with Gasteiger partial charge >= 0.3 is 0 Å². The van der Waals surface area contributed by atoms with E-state index in [1.807, 2.05) is 0 Å². The van der Waals surface area contributed by atoms with Crippen LogP contribution in [0, 0.1) is 11.6 Å². The first-order valence-corrected chi connectivity index (χ1v) is 7.74. The monoisotopic (exact) mass is 306 g/mol. The lowest BCUT2D eigenvalue weighted by Gasteiger charge is -2.28. The van der Waals surface area contributed by atoms with Crippen LogP contribution < -0.4 is 10.5 Å². The van der Waals surface area contributed by atoms with Gasteiger partial charge in [-0.2, -0.15) is 0 Å². The topological polar surface area (TPSA) is 92.4 Å². The maximum absolute atomic E-state index is 13.6. The van der Waals surface area contributed by atoms with Crippen LogP contribution in [0.1, 0.15) is 25.7 Å². The average Bonchev–Trinajstić information content (AvgIpc) is 2.36. The molecular formula is C12H16F2N2O3S. The van der Waals surface area contributed by atoms with E-state index in [1.165, 1.54) is 0 Å². The Kier molecular flexibility index (Phi) is 4.26. The zero-order chi connectivity index (χ0) is 14.9. The molecule has 0 radical (unpaired) electrons. The summed E-state index contributed by atoms with van der Waals surface area (Å²) >= 11 is 0. The highest BCUT2D eigenvalue weighted by atomic mass is 32.2. The Morgan fingerprint density at radius 3 is 2.50 bits per heavy atom. The summed E-state index contributed by atoms with van der Waals surface area (Å²) in [6.07, 6.45) is 1.74. The predicted molar refractivity (Wildman–Crippen MR) is 69.4 cm³/mol. The number of anilines is 1. The first-order chi connectivity index (χ1) is 9.31. The molecule has 0 aromatic heterocycles. The molecule has 20 heavy (non-hydrogen) atoms. The largest absolute Gasteiger partial charge is 0.396 e. The van der Waals surface area contributed by atoms with Crippen LogP contribution in [0.15, 0.2) is 17.0 Å². The number of aliphatic hydroxyl groups excluding tert-OH is 1. The molecule has 0 bridgehead atoms. The first kappa shape index (κ1) is 15.1. The van der Waals surface area contributed by atoms with Gasteiger partial charge in [-0.05, 0) is 18.9 Å². The number of sulfonamides is 1. The number of aliphatic hydroxyl groups is 1. The number of hydrogen-bond donors (Lipinski definition) is 3. The molecule has 0 spiro atoms. The van der Waals surface area contributed by atoms with E-state index in [-0.39, 0.29) is 0 Å². The van der Waals surface area contributed by atoms with Crippen molar-refractivity contribution < 1.29 is 22.3 Å². The molecule has 5 nitrogen and oxygen atoms in total. The van der Waals surface area contributed by atoms with Crippen LogP contribution in [0.25, 0.3) is 0 Å². The summed E-state index contributed by atoms with van der Waals surface area (Å²) in [7, 11) is -4.19. The third-order valence-corrected chi connectivity index (χ3v) is 4.88. The molecule has 2 unspecified atom stereocenters. The van der Waals surface area contributed by atoms with Crippen LogP contribution in [0.4, 0.5) is 14.5 Å². The van der Waals surface area contributed by atoms with Gasteiger partial charge in [0.25, 0.3) is 0 Å². The van der Waals surface area contributed by atoms with Crippen LogP contribution in [-0.2, 0) is 10.0 Å². The van der Waals surface area contributed by atoms with E-state index < -0.39 is 44.4 Å². The molecule has 4 N–H and O–H groups in total. The number of nitrogen functional groups attached to an aromatic ring is 1. The van der Waals surface area contributed by atoms with E-state index in [1.54, 1.807) is 0 Å². The fourth-order valence-corrected chi connectivity index (χ4v) is 3.66. The van der Waals surface area contributed by atoms with Gasteiger partial charge in [0.2, 0.25) is 10.0 Å². The van der Waals surface area contributed by atoms with E-state index >= 15 is 0 Å². The summed E-state index contributed by atoms with van der Waals surface area (Å²) in [4.78, 5) is -0.714. The second kappa shape index (κ2) is 5.63. The van der Waals surface area contributed by atoms with Crippen molar-refractivity contribution in [2.45, 2.75) is 42.7 Å². The molecule has 2 atom stereocenters. The highest BCUT2D eigenvalue weighted by Crippen LogP contribution is 2.24. The third kappa shape index (κ3) is 3.08. The summed E-state index contributed by atoms with van der Waals surface area (Å²) in [6, 6.07) is 0.503. The molecule has 8 heteroatoms. The third-order valence-electron chi connectivity index (χ3n) is 3.38. The van der Waals surface area contributed by atoms with Gasteiger partial charge in [0.1, 0.15) is 16.5 Å². The highest BCUT2D eigenvalue weighted by Gasteiger charge is 2.30. The minimum atomic E-state index is -4.19. The molecule has 2 rings (SSSR count). The highest BCUT2D eigenvalue weighted by molar-refractivity contribution is 7.89. The van der Waals surface area contributed by atoms with E-state index in [0.717, 1.165) is 18.9 Å². The van der Waals surface area contributed by atoms with E-state index in [2.05, 4.69) is 4.72 Å². The molecule has 1 aliphatic rings. The lowest BCUT2D eigenvalue weighted by molar-refractivity contribution is 0.101. The first-order valence-electron chi connectivity index (χ1n) is 6.26. The summed E-state index contributed by atoms with van der Waals surface area (Å²) in [5.41, 5.74) is 4.82. The number of rotatable bonds is 3. The van der Waals surface area contributed by atoms with Crippen molar-refractivity contribution >= 4 is 15.7 Å². The van der Waals surface area contributed by atoms with Gasteiger partial charge in [0, 0.05) is 12.1 Å². The fraction of sp³-hybridized carbons (Fsp3) is 0.500. The molecule has 1 aliphatic carbocycles. The summed E-state index contributed by atoms with van der Waals surface area (Å²) in [5, 5.41) is 9.74. The van der Waals surface area contributed by atoms with Crippen LogP contribution in [0.2, 0.25) is 0 Å². The molecule has 1 aromatic rings. The van der Waals surface area contributed by atoms with Crippen molar-refractivity contribution in [2.24, 2.45) is 0 Å². The van der Waals surface area contributed by atoms with Crippen molar-refractivity contribution in [3.8, 4) is 0 Å². The quantitative estimate of drug-likeness (QED) is 0.730. The lowest BCUT2D eigenvalue weighted by Crippen LogP contribution is -2.45. The second-order valence-corrected chi connectivity index (χ2v) is 6.57. The zero-order valence-electron chi connectivity index (χ0n) is 10.6. The molecule has 112 valence electrons. The van der Waals surface area contributed by atoms with Gasteiger partial charge in [-0.25, -0.2) is 21.9 Å². The van der Waals surface area contributed by atoms with Crippen molar-refractivity contribution in [1.82, 2.24) is 4.72 Å². The molecule has 1 aromatic carbocycles. The van der Waals surface area contributed by atoms with Gasteiger partial charge in [0.15, 0.2) is 0 Å². The summed E-state index contributed by atoms with van der Waals surface area (Å²) in [6.45, 7) is 0. The molecular weight excluding hydrogens is 290 g/mol. The van der Waals surface area contributed by atoms with E-state index in [4.69, 9.17) is 5.73 Å². The Bertz CT molecular complexity index is 607. The Labute approximate surface area is 115 Å². The van der Waals surface area contributed by atoms with Crippen molar-refractivity contribution in [2.75, 3.05) is 5.73 Å². The maximum Gasteiger partial charge on any atom is 0.243 e. The SMILES string of the molecule is Nc1cc(S(=O)(=O)NC2CCCCC2O)c(F)cc1F. The van der Waals surface area contributed by atoms with Crippen molar-refractivity contribution in [3.63, 3.8) is 0 Å². The summed E-state index contributed by atoms with van der Waals surface area (Å²) < 4.78 is 53.1.